The van der Waals surface area contributed by atoms with Gasteiger partial charge in [-0.15, -0.1) is 0 Å². The van der Waals surface area contributed by atoms with Crippen molar-refractivity contribution in [2.24, 2.45) is 0 Å². The second-order valence-electron chi connectivity index (χ2n) is 6.14. The van der Waals surface area contributed by atoms with Crippen molar-refractivity contribution in [2.45, 2.75) is 24.9 Å². The second-order valence-corrected chi connectivity index (χ2v) is 7.08. The van der Waals surface area contributed by atoms with E-state index in [0.717, 1.165) is 35.2 Å². The third-order valence-corrected chi connectivity index (χ3v) is 5.02. The van der Waals surface area contributed by atoms with Gasteiger partial charge < -0.3 is 5.32 Å². The Kier molecular flexibility index (Phi) is 6.41. The molecule has 0 aliphatic rings. The first-order chi connectivity index (χ1) is 13.5. The molecule has 2 aromatic carbocycles. The van der Waals surface area contributed by atoms with Crippen LogP contribution in [0.2, 0.25) is 0 Å². The first-order valence-electron chi connectivity index (χ1n) is 8.88. The fraction of sp³-hybridized carbons (Fsp3) is 0.250. The summed E-state index contributed by atoms with van der Waals surface area (Å²) in [4.78, 5) is 29.4. The molecule has 0 aliphatic carbocycles. The SMILES string of the molecule is CCCCNC(=O)CSc1nc2ccccc2c(=O)n1-c1ccc(F)cc1F. The van der Waals surface area contributed by atoms with Crippen LogP contribution in [0.4, 0.5) is 8.78 Å². The maximum atomic E-state index is 14.4. The number of carbonyl (C=O) groups excluding carboxylic acids is 1. The van der Waals surface area contributed by atoms with Gasteiger partial charge >= 0.3 is 0 Å². The van der Waals surface area contributed by atoms with Crippen LogP contribution in [0.3, 0.4) is 0 Å². The zero-order valence-corrected chi connectivity index (χ0v) is 16.1. The van der Waals surface area contributed by atoms with Crippen molar-refractivity contribution in [1.82, 2.24) is 14.9 Å². The number of rotatable bonds is 7. The molecule has 28 heavy (non-hydrogen) atoms. The zero-order chi connectivity index (χ0) is 20.1. The van der Waals surface area contributed by atoms with Crippen LogP contribution in [-0.4, -0.2) is 27.8 Å². The minimum absolute atomic E-state index is 0.0251. The molecule has 1 heterocycles. The van der Waals surface area contributed by atoms with Crippen molar-refractivity contribution in [3.05, 3.63) is 64.5 Å². The number of hydrogen-bond donors (Lipinski definition) is 1. The monoisotopic (exact) mass is 403 g/mol. The molecule has 0 saturated heterocycles. The summed E-state index contributed by atoms with van der Waals surface area (Å²) >= 11 is 1.03. The number of nitrogens with one attached hydrogen (secondary N) is 1. The number of fused-ring (bicyclic) bond motifs is 1. The van der Waals surface area contributed by atoms with E-state index in [9.17, 15) is 18.4 Å². The van der Waals surface area contributed by atoms with Crippen LogP contribution in [0.25, 0.3) is 16.6 Å². The van der Waals surface area contributed by atoms with E-state index >= 15 is 0 Å². The van der Waals surface area contributed by atoms with E-state index in [1.165, 1.54) is 6.07 Å². The molecule has 0 spiro atoms. The number of amides is 1. The normalized spacial score (nSPS) is 11.0. The largest absolute Gasteiger partial charge is 0.355 e. The van der Waals surface area contributed by atoms with Crippen LogP contribution in [-0.2, 0) is 4.79 Å². The van der Waals surface area contributed by atoms with Crippen molar-refractivity contribution < 1.29 is 13.6 Å². The number of aromatic nitrogens is 2. The van der Waals surface area contributed by atoms with Crippen LogP contribution in [0.1, 0.15) is 19.8 Å². The molecule has 1 aromatic heterocycles. The van der Waals surface area contributed by atoms with Gasteiger partial charge in [0.2, 0.25) is 5.91 Å². The Morgan fingerprint density at radius 1 is 1.21 bits per heavy atom. The van der Waals surface area contributed by atoms with Crippen molar-refractivity contribution in [3.8, 4) is 5.69 Å². The Morgan fingerprint density at radius 3 is 2.75 bits per heavy atom. The third kappa shape index (κ3) is 4.39. The minimum atomic E-state index is -0.881. The van der Waals surface area contributed by atoms with E-state index < -0.39 is 17.2 Å². The first-order valence-corrected chi connectivity index (χ1v) is 9.86. The molecular weight excluding hydrogens is 384 g/mol. The van der Waals surface area contributed by atoms with Crippen molar-refractivity contribution in [2.75, 3.05) is 12.3 Å². The van der Waals surface area contributed by atoms with E-state index in [-0.39, 0.29) is 22.5 Å². The van der Waals surface area contributed by atoms with E-state index in [1.807, 2.05) is 6.92 Å². The summed E-state index contributed by atoms with van der Waals surface area (Å²) in [5, 5.41) is 3.26. The average Bonchev–Trinajstić information content (AvgIpc) is 2.68. The topological polar surface area (TPSA) is 64.0 Å². The zero-order valence-electron chi connectivity index (χ0n) is 15.2. The lowest BCUT2D eigenvalue weighted by molar-refractivity contribution is -0.118. The number of para-hydroxylation sites is 1. The molecule has 3 rings (SSSR count). The van der Waals surface area contributed by atoms with E-state index in [0.29, 0.717) is 23.5 Å². The highest BCUT2D eigenvalue weighted by atomic mass is 32.2. The Balaban J connectivity index is 2.02. The second kappa shape index (κ2) is 8.97. The van der Waals surface area contributed by atoms with Gasteiger partial charge in [-0.1, -0.05) is 37.2 Å². The number of benzene rings is 2. The molecule has 146 valence electrons. The predicted octanol–water partition coefficient (Wildman–Crippen LogP) is 3.67. The molecule has 5 nitrogen and oxygen atoms in total. The molecule has 8 heteroatoms. The Morgan fingerprint density at radius 2 is 2.00 bits per heavy atom. The standard InChI is InChI=1S/C20H19F2N3O2S/c1-2-3-10-23-18(26)12-28-20-24-16-7-5-4-6-14(16)19(27)25(20)17-9-8-13(21)11-15(17)22/h4-9,11H,2-3,10,12H2,1H3,(H,23,26). The molecule has 3 aromatic rings. The molecule has 0 bridgehead atoms. The van der Waals surface area contributed by atoms with E-state index in [2.05, 4.69) is 10.3 Å². The van der Waals surface area contributed by atoms with E-state index in [4.69, 9.17) is 0 Å². The van der Waals surface area contributed by atoms with Gasteiger partial charge in [0.1, 0.15) is 11.6 Å². The maximum absolute atomic E-state index is 14.4. The highest BCUT2D eigenvalue weighted by Gasteiger charge is 2.17. The van der Waals surface area contributed by atoms with Gasteiger partial charge in [-0.05, 0) is 30.7 Å². The molecule has 0 fully saturated rings. The molecule has 0 saturated carbocycles. The smallest absolute Gasteiger partial charge is 0.266 e. The van der Waals surface area contributed by atoms with Crippen molar-refractivity contribution >= 4 is 28.6 Å². The maximum Gasteiger partial charge on any atom is 0.266 e. The van der Waals surface area contributed by atoms with Crippen molar-refractivity contribution in [1.29, 1.82) is 0 Å². The number of halogens is 2. The molecule has 0 radical (unpaired) electrons. The Bertz CT molecular complexity index is 1070. The van der Waals surface area contributed by atoms with Crippen LogP contribution in [0.5, 0.6) is 0 Å². The number of hydrogen-bond acceptors (Lipinski definition) is 4. The molecule has 1 amide bonds. The summed E-state index contributed by atoms with van der Waals surface area (Å²) in [7, 11) is 0. The minimum Gasteiger partial charge on any atom is -0.355 e. The average molecular weight is 403 g/mol. The van der Waals surface area contributed by atoms with Gasteiger partial charge in [-0.25, -0.2) is 13.8 Å². The summed E-state index contributed by atoms with van der Waals surface area (Å²) in [6.45, 7) is 2.59. The lowest BCUT2D eigenvalue weighted by Crippen LogP contribution is -2.27. The molecular formula is C20H19F2N3O2S. The van der Waals surface area contributed by atoms with Gasteiger partial charge in [0.25, 0.3) is 5.56 Å². The van der Waals surface area contributed by atoms with Gasteiger partial charge in [-0.2, -0.15) is 0 Å². The molecule has 0 unspecified atom stereocenters. The number of unbranched alkanes of at least 4 members (excludes halogenated alkanes) is 1. The Hall–Kier alpha value is -2.74. The lowest BCUT2D eigenvalue weighted by atomic mass is 10.2. The van der Waals surface area contributed by atoms with Gasteiger partial charge in [0, 0.05) is 12.6 Å². The van der Waals surface area contributed by atoms with Crippen LogP contribution >= 0.6 is 11.8 Å². The fourth-order valence-corrected chi connectivity index (χ4v) is 3.51. The number of nitrogens with zero attached hydrogens (tertiary/aromatic N) is 2. The summed E-state index contributed by atoms with van der Waals surface area (Å²) in [5.41, 5.74) is -0.149. The van der Waals surface area contributed by atoms with Crippen LogP contribution in [0.15, 0.2) is 52.4 Å². The highest BCUT2D eigenvalue weighted by Crippen LogP contribution is 2.23. The molecule has 0 aliphatic heterocycles. The summed E-state index contributed by atoms with van der Waals surface area (Å²) in [6, 6.07) is 9.67. The van der Waals surface area contributed by atoms with Crippen LogP contribution < -0.4 is 10.9 Å². The summed E-state index contributed by atoms with van der Waals surface area (Å²) in [5.74, 6) is -1.80. The predicted molar refractivity (Wildman–Crippen MR) is 106 cm³/mol. The van der Waals surface area contributed by atoms with Crippen molar-refractivity contribution in [3.63, 3.8) is 0 Å². The first kappa shape index (κ1) is 20.0. The fourth-order valence-electron chi connectivity index (χ4n) is 2.67. The highest BCUT2D eigenvalue weighted by molar-refractivity contribution is 7.99. The van der Waals surface area contributed by atoms with Gasteiger partial charge in [-0.3, -0.25) is 14.2 Å². The van der Waals surface area contributed by atoms with E-state index in [1.54, 1.807) is 24.3 Å². The van der Waals surface area contributed by atoms with Gasteiger partial charge in [0.15, 0.2) is 5.16 Å². The number of thioether (sulfide) groups is 1. The summed E-state index contributed by atoms with van der Waals surface area (Å²) < 4.78 is 28.8. The third-order valence-electron chi connectivity index (χ3n) is 4.08. The molecule has 0 atom stereocenters. The lowest BCUT2D eigenvalue weighted by Gasteiger charge is -2.14. The molecule has 1 N–H and O–H groups in total. The number of carbonyl (C=O) groups is 1. The van der Waals surface area contributed by atoms with Gasteiger partial charge in [0.05, 0.1) is 22.3 Å². The van der Waals surface area contributed by atoms with Crippen LogP contribution in [0, 0.1) is 11.6 Å². The summed E-state index contributed by atoms with van der Waals surface area (Å²) in [6.07, 6.45) is 1.83. The quantitative estimate of drug-likeness (QED) is 0.371. The Labute approximate surface area is 164 Å².